The summed E-state index contributed by atoms with van der Waals surface area (Å²) >= 11 is 0. The van der Waals surface area contributed by atoms with Crippen LogP contribution < -0.4 is 4.72 Å². The van der Waals surface area contributed by atoms with Crippen molar-refractivity contribution in [2.24, 2.45) is 0 Å². The van der Waals surface area contributed by atoms with Crippen LogP contribution >= 0.6 is 0 Å². The highest BCUT2D eigenvalue weighted by molar-refractivity contribution is 7.89. The molecule has 1 aromatic carbocycles. The molecule has 0 saturated carbocycles. The van der Waals surface area contributed by atoms with E-state index in [1.54, 1.807) is 24.3 Å². The number of ether oxygens (including phenoxy) is 1. The molecule has 2 saturated heterocycles. The van der Waals surface area contributed by atoms with Crippen LogP contribution in [0.4, 0.5) is 0 Å². The number of hydrogen-bond acceptors (Lipinski definition) is 5. The lowest BCUT2D eigenvalue weighted by Gasteiger charge is -2.25. The predicted octanol–water partition coefficient (Wildman–Crippen LogP) is 1.85. The Morgan fingerprint density at radius 3 is 2.30 bits per heavy atom. The van der Waals surface area contributed by atoms with Gasteiger partial charge in [-0.25, -0.2) is 21.6 Å². The van der Waals surface area contributed by atoms with Crippen LogP contribution in [0.5, 0.6) is 0 Å². The largest absolute Gasteiger partial charge is 0.377 e. The summed E-state index contributed by atoms with van der Waals surface area (Å²) in [7, 11) is -6.90. The smallest absolute Gasteiger partial charge is 0.243 e. The molecule has 0 amide bonds. The van der Waals surface area contributed by atoms with Crippen LogP contribution in [0.25, 0.3) is 0 Å². The second kappa shape index (κ2) is 9.00. The minimum absolute atomic E-state index is 0.0333. The molecular formula is C18H28N2O5S2. The van der Waals surface area contributed by atoms with Gasteiger partial charge in [0.25, 0.3) is 0 Å². The van der Waals surface area contributed by atoms with E-state index in [2.05, 4.69) is 4.72 Å². The zero-order chi connectivity index (χ0) is 19.3. The first-order chi connectivity index (χ1) is 12.9. The van der Waals surface area contributed by atoms with Crippen LogP contribution in [0.15, 0.2) is 29.2 Å². The van der Waals surface area contributed by atoms with Gasteiger partial charge in [-0.2, -0.15) is 4.31 Å². The molecule has 2 fully saturated rings. The average molecular weight is 417 g/mol. The average Bonchev–Trinajstić information content (AvgIpc) is 2.68. The van der Waals surface area contributed by atoms with E-state index in [-0.39, 0.29) is 23.3 Å². The molecule has 152 valence electrons. The molecule has 2 heterocycles. The topological polar surface area (TPSA) is 92.8 Å². The third-order valence-electron chi connectivity index (χ3n) is 5.05. The summed E-state index contributed by atoms with van der Waals surface area (Å²) in [5.74, 6) is -0.0333. The van der Waals surface area contributed by atoms with E-state index in [4.69, 9.17) is 4.74 Å². The number of rotatable bonds is 7. The summed E-state index contributed by atoms with van der Waals surface area (Å²) in [6.07, 6.45) is 5.35. The number of nitrogens with one attached hydrogen (secondary N) is 1. The van der Waals surface area contributed by atoms with E-state index in [9.17, 15) is 16.8 Å². The summed E-state index contributed by atoms with van der Waals surface area (Å²) < 4.78 is 59.3. The van der Waals surface area contributed by atoms with Crippen LogP contribution in [0, 0.1) is 0 Å². The van der Waals surface area contributed by atoms with Gasteiger partial charge in [0, 0.05) is 26.2 Å². The lowest BCUT2D eigenvalue weighted by atomic mass is 10.1. The van der Waals surface area contributed by atoms with Crippen LogP contribution in [0.3, 0.4) is 0 Å². The Morgan fingerprint density at radius 1 is 0.963 bits per heavy atom. The molecule has 3 rings (SSSR count). The Morgan fingerprint density at radius 2 is 1.67 bits per heavy atom. The van der Waals surface area contributed by atoms with Gasteiger partial charge in [0.05, 0.1) is 16.8 Å². The van der Waals surface area contributed by atoms with Crippen molar-refractivity contribution in [3.8, 4) is 0 Å². The Hall–Kier alpha value is -1.00. The van der Waals surface area contributed by atoms with Crippen molar-refractivity contribution in [1.29, 1.82) is 0 Å². The maximum absolute atomic E-state index is 12.6. The monoisotopic (exact) mass is 416 g/mol. The lowest BCUT2D eigenvalue weighted by Crippen LogP contribution is -2.35. The Bertz CT molecular complexity index is 810. The van der Waals surface area contributed by atoms with E-state index >= 15 is 0 Å². The fourth-order valence-electron chi connectivity index (χ4n) is 3.47. The first-order valence-electron chi connectivity index (χ1n) is 9.55. The highest BCUT2D eigenvalue weighted by Crippen LogP contribution is 2.21. The van der Waals surface area contributed by atoms with Crippen molar-refractivity contribution in [1.82, 2.24) is 9.03 Å². The van der Waals surface area contributed by atoms with Gasteiger partial charge in [0.15, 0.2) is 0 Å². The second-order valence-corrected chi connectivity index (χ2v) is 11.0. The third-order valence-corrected chi connectivity index (χ3v) is 8.36. The van der Waals surface area contributed by atoms with Crippen molar-refractivity contribution in [3.63, 3.8) is 0 Å². The molecule has 27 heavy (non-hydrogen) atoms. The Labute approximate surface area is 162 Å². The van der Waals surface area contributed by atoms with Gasteiger partial charge in [-0.15, -0.1) is 0 Å². The number of benzene rings is 1. The molecule has 9 heteroatoms. The Kier molecular flexibility index (Phi) is 6.91. The van der Waals surface area contributed by atoms with E-state index < -0.39 is 20.0 Å². The molecule has 1 unspecified atom stereocenters. The van der Waals surface area contributed by atoms with Crippen molar-refractivity contribution >= 4 is 20.0 Å². The highest BCUT2D eigenvalue weighted by Gasteiger charge is 2.26. The summed E-state index contributed by atoms with van der Waals surface area (Å²) in [6.45, 7) is 1.88. The number of nitrogens with zero attached hydrogens (tertiary/aromatic N) is 1. The molecule has 0 aromatic heterocycles. The maximum Gasteiger partial charge on any atom is 0.243 e. The van der Waals surface area contributed by atoms with Crippen molar-refractivity contribution in [2.45, 2.75) is 56.1 Å². The molecule has 1 aromatic rings. The molecule has 0 radical (unpaired) electrons. The SMILES string of the molecule is O=S(=O)(CC1CCCCO1)NCc1ccc(S(=O)(=O)N2CCCCC2)cc1. The first kappa shape index (κ1) is 20.7. The summed E-state index contributed by atoms with van der Waals surface area (Å²) in [5, 5.41) is 0. The molecule has 1 atom stereocenters. The number of sulfonamides is 2. The zero-order valence-corrected chi connectivity index (χ0v) is 17.1. The minimum Gasteiger partial charge on any atom is -0.377 e. The Balaban J connectivity index is 1.57. The first-order valence-corrected chi connectivity index (χ1v) is 12.6. The molecule has 0 bridgehead atoms. The van der Waals surface area contributed by atoms with Crippen LogP contribution in [-0.4, -0.2) is 52.7 Å². The van der Waals surface area contributed by atoms with Crippen molar-refractivity contribution < 1.29 is 21.6 Å². The van der Waals surface area contributed by atoms with Gasteiger partial charge in [0.1, 0.15) is 0 Å². The van der Waals surface area contributed by atoms with E-state index in [0.29, 0.717) is 19.7 Å². The fraction of sp³-hybridized carbons (Fsp3) is 0.667. The highest BCUT2D eigenvalue weighted by atomic mass is 32.2. The predicted molar refractivity (Wildman–Crippen MR) is 103 cm³/mol. The zero-order valence-electron chi connectivity index (χ0n) is 15.5. The number of hydrogen-bond donors (Lipinski definition) is 1. The molecular weight excluding hydrogens is 388 g/mol. The van der Waals surface area contributed by atoms with Gasteiger partial charge in [-0.05, 0) is 49.8 Å². The molecule has 7 nitrogen and oxygen atoms in total. The minimum atomic E-state index is -3.46. The van der Waals surface area contributed by atoms with Gasteiger partial charge in [-0.3, -0.25) is 0 Å². The normalized spacial score (nSPS) is 22.6. The van der Waals surface area contributed by atoms with Crippen molar-refractivity contribution in [2.75, 3.05) is 25.4 Å². The van der Waals surface area contributed by atoms with Crippen LogP contribution in [0.1, 0.15) is 44.1 Å². The summed E-state index contributed by atoms with van der Waals surface area (Å²) in [4.78, 5) is 0.256. The lowest BCUT2D eigenvalue weighted by molar-refractivity contribution is 0.0304. The quantitative estimate of drug-likeness (QED) is 0.732. The van der Waals surface area contributed by atoms with Gasteiger partial charge < -0.3 is 4.74 Å². The van der Waals surface area contributed by atoms with E-state index in [1.807, 2.05) is 0 Å². The fourth-order valence-corrected chi connectivity index (χ4v) is 6.24. The van der Waals surface area contributed by atoms with Crippen LogP contribution in [-0.2, 0) is 31.3 Å². The van der Waals surface area contributed by atoms with E-state index in [1.165, 1.54) is 4.31 Å². The molecule has 0 spiro atoms. The summed E-state index contributed by atoms with van der Waals surface area (Å²) in [5.41, 5.74) is 0.723. The van der Waals surface area contributed by atoms with Gasteiger partial charge in [0.2, 0.25) is 20.0 Å². The second-order valence-electron chi connectivity index (χ2n) is 7.20. The van der Waals surface area contributed by atoms with E-state index in [0.717, 1.165) is 44.1 Å². The van der Waals surface area contributed by atoms with Gasteiger partial charge >= 0.3 is 0 Å². The third kappa shape index (κ3) is 5.74. The molecule has 0 aliphatic carbocycles. The standard InChI is InChI=1S/C18H28N2O5S2/c21-26(22,15-17-6-2-5-13-25-17)19-14-16-7-9-18(10-8-16)27(23,24)20-11-3-1-4-12-20/h7-10,17,19H,1-6,11-15H2. The molecule has 1 N–H and O–H groups in total. The molecule has 2 aliphatic heterocycles. The molecule has 2 aliphatic rings. The van der Waals surface area contributed by atoms with Gasteiger partial charge in [-0.1, -0.05) is 18.6 Å². The van der Waals surface area contributed by atoms with Crippen molar-refractivity contribution in [3.05, 3.63) is 29.8 Å². The summed E-state index contributed by atoms with van der Waals surface area (Å²) in [6, 6.07) is 6.43. The number of piperidine rings is 1. The van der Waals surface area contributed by atoms with Crippen LogP contribution in [0.2, 0.25) is 0 Å². The maximum atomic E-state index is 12.6.